The fourth-order valence-electron chi connectivity index (χ4n) is 4.50. The molecule has 0 N–H and O–H groups in total. The molecule has 2 aliphatic rings. The first-order valence-corrected chi connectivity index (χ1v) is 10.8. The Bertz CT molecular complexity index is 1160. The van der Waals surface area contributed by atoms with Crippen LogP contribution in [0.4, 0.5) is 0 Å². The van der Waals surface area contributed by atoms with Gasteiger partial charge >= 0.3 is 0 Å². The number of fused-ring (bicyclic) bond motifs is 1. The third-order valence-electron chi connectivity index (χ3n) is 6.44. The molecule has 164 valence electrons. The van der Waals surface area contributed by atoms with E-state index in [9.17, 15) is 14.4 Å². The van der Waals surface area contributed by atoms with E-state index in [0.29, 0.717) is 30.0 Å². The Hall–Kier alpha value is -3.68. The van der Waals surface area contributed by atoms with E-state index < -0.39 is 0 Å². The average molecular weight is 432 g/mol. The molecule has 0 radical (unpaired) electrons. The van der Waals surface area contributed by atoms with Gasteiger partial charge in [0.1, 0.15) is 18.3 Å². The smallest absolute Gasteiger partial charge is 0.289 e. The number of hydrogen-bond acceptors (Lipinski definition) is 5. The highest BCUT2D eigenvalue weighted by Gasteiger charge is 2.36. The van der Waals surface area contributed by atoms with Gasteiger partial charge in [-0.15, -0.1) is 0 Å². The zero-order valence-electron chi connectivity index (χ0n) is 18.1. The minimum atomic E-state index is -0.283. The van der Waals surface area contributed by atoms with E-state index in [-0.39, 0.29) is 30.3 Å². The van der Waals surface area contributed by atoms with Crippen molar-refractivity contribution in [2.24, 2.45) is 0 Å². The summed E-state index contributed by atoms with van der Waals surface area (Å²) in [5.74, 6) is 1.46. The van der Waals surface area contributed by atoms with Gasteiger partial charge < -0.3 is 13.9 Å². The molecular weight excluding hydrogens is 408 g/mol. The average Bonchev–Trinajstić information content (AvgIpc) is 3.48. The molecule has 1 saturated heterocycles. The number of carbonyl (C=O) groups excluding carboxylic acids is 3. The molecular formula is C24H24N4O4. The molecule has 2 aromatic heterocycles. The summed E-state index contributed by atoms with van der Waals surface area (Å²) in [7, 11) is 0. The molecule has 0 spiro atoms. The van der Waals surface area contributed by atoms with Crippen molar-refractivity contribution in [2.75, 3.05) is 13.1 Å². The number of furan rings is 1. The summed E-state index contributed by atoms with van der Waals surface area (Å²) >= 11 is 0. The van der Waals surface area contributed by atoms with Crippen molar-refractivity contribution in [3.8, 4) is 0 Å². The van der Waals surface area contributed by atoms with E-state index in [0.717, 1.165) is 30.0 Å². The summed E-state index contributed by atoms with van der Waals surface area (Å²) in [6.07, 6.45) is 5.00. The molecule has 0 bridgehead atoms. The normalized spacial score (nSPS) is 16.7. The lowest BCUT2D eigenvalue weighted by molar-refractivity contribution is 0.0595. The van der Waals surface area contributed by atoms with Crippen LogP contribution >= 0.6 is 0 Å². The predicted molar refractivity (Wildman–Crippen MR) is 115 cm³/mol. The Balaban J connectivity index is 1.27. The van der Waals surface area contributed by atoms with E-state index in [2.05, 4.69) is 4.98 Å². The number of likely N-dealkylation sites (tertiary alicyclic amines) is 1. The van der Waals surface area contributed by atoms with Crippen molar-refractivity contribution in [1.29, 1.82) is 0 Å². The van der Waals surface area contributed by atoms with Crippen LogP contribution in [-0.2, 0) is 6.67 Å². The molecule has 1 fully saturated rings. The number of amides is 3. The third-order valence-corrected chi connectivity index (χ3v) is 6.44. The summed E-state index contributed by atoms with van der Waals surface area (Å²) in [6, 6.07) is 8.67. The number of aryl methyl sites for hydroxylation is 2. The number of aromatic nitrogens is 2. The van der Waals surface area contributed by atoms with Gasteiger partial charge in [-0.2, -0.15) is 0 Å². The summed E-state index contributed by atoms with van der Waals surface area (Å²) in [4.78, 5) is 45.8. The number of nitrogens with zero attached hydrogens (tertiary/aromatic N) is 4. The maximum atomic E-state index is 12.8. The van der Waals surface area contributed by atoms with Gasteiger partial charge in [0.2, 0.25) is 0 Å². The fourth-order valence-corrected chi connectivity index (χ4v) is 4.50. The molecule has 8 nitrogen and oxygen atoms in total. The number of carbonyl (C=O) groups is 3. The molecule has 32 heavy (non-hydrogen) atoms. The lowest BCUT2D eigenvalue weighted by Gasteiger charge is -2.31. The first kappa shape index (κ1) is 20.2. The number of benzene rings is 1. The first-order chi connectivity index (χ1) is 15.4. The van der Waals surface area contributed by atoms with Gasteiger partial charge in [0.15, 0.2) is 5.76 Å². The molecule has 3 amide bonds. The van der Waals surface area contributed by atoms with E-state index in [4.69, 9.17) is 4.42 Å². The number of hydrogen-bond donors (Lipinski definition) is 0. The van der Waals surface area contributed by atoms with Crippen LogP contribution in [0.15, 0.2) is 47.1 Å². The second kappa shape index (κ2) is 7.78. The quantitative estimate of drug-likeness (QED) is 0.590. The van der Waals surface area contributed by atoms with Crippen molar-refractivity contribution < 1.29 is 18.8 Å². The van der Waals surface area contributed by atoms with Crippen LogP contribution in [0.3, 0.4) is 0 Å². The first-order valence-electron chi connectivity index (χ1n) is 10.8. The van der Waals surface area contributed by atoms with Crippen molar-refractivity contribution in [1.82, 2.24) is 19.4 Å². The molecule has 0 atom stereocenters. The monoisotopic (exact) mass is 432 g/mol. The van der Waals surface area contributed by atoms with Crippen molar-refractivity contribution in [3.63, 3.8) is 0 Å². The predicted octanol–water partition coefficient (Wildman–Crippen LogP) is 3.37. The highest BCUT2D eigenvalue weighted by Crippen LogP contribution is 2.29. The molecule has 5 rings (SSSR count). The Morgan fingerprint density at radius 1 is 1.09 bits per heavy atom. The Morgan fingerprint density at radius 2 is 1.75 bits per heavy atom. The largest absolute Gasteiger partial charge is 0.456 e. The van der Waals surface area contributed by atoms with Crippen LogP contribution < -0.4 is 0 Å². The molecule has 2 aliphatic heterocycles. The van der Waals surface area contributed by atoms with Crippen molar-refractivity contribution in [3.05, 3.63) is 76.8 Å². The highest BCUT2D eigenvalue weighted by atomic mass is 16.4. The van der Waals surface area contributed by atoms with Crippen LogP contribution in [0.25, 0.3) is 0 Å². The molecule has 0 unspecified atom stereocenters. The maximum absolute atomic E-state index is 12.8. The van der Waals surface area contributed by atoms with Crippen LogP contribution in [0, 0.1) is 13.8 Å². The summed E-state index contributed by atoms with van der Waals surface area (Å²) in [6.45, 7) is 5.11. The molecule has 1 aromatic carbocycles. The zero-order chi connectivity index (χ0) is 22.4. The highest BCUT2D eigenvalue weighted by molar-refractivity contribution is 6.21. The molecule has 4 heterocycles. The Morgan fingerprint density at radius 3 is 2.34 bits per heavy atom. The fraction of sp³-hybridized carbons (Fsp3) is 0.333. The van der Waals surface area contributed by atoms with Gasteiger partial charge in [-0.3, -0.25) is 19.3 Å². The van der Waals surface area contributed by atoms with Crippen molar-refractivity contribution >= 4 is 17.7 Å². The number of imide groups is 1. The minimum Gasteiger partial charge on any atom is -0.456 e. The van der Waals surface area contributed by atoms with Gasteiger partial charge in [0.05, 0.1) is 11.1 Å². The molecule has 8 heteroatoms. The third kappa shape index (κ3) is 3.32. The Labute approximate surface area is 185 Å². The SMILES string of the molecule is Cc1cc(C(=O)N2CCC(c3nccn3CN3C(=O)c4ccccc4C3=O)CC2)oc1C. The van der Waals surface area contributed by atoms with E-state index >= 15 is 0 Å². The Kier molecular flexibility index (Phi) is 4.92. The molecule has 3 aromatic rings. The second-order valence-electron chi connectivity index (χ2n) is 8.40. The number of imidazole rings is 1. The van der Waals surface area contributed by atoms with Gasteiger partial charge in [-0.1, -0.05) is 12.1 Å². The topological polar surface area (TPSA) is 88.7 Å². The van der Waals surface area contributed by atoms with Crippen LogP contribution in [0.5, 0.6) is 0 Å². The number of piperidine rings is 1. The van der Waals surface area contributed by atoms with E-state index in [1.807, 2.05) is 23.3 Å². The van der Waals surface area contributed by atoms with E-state index in [1.54, 1.807) is 42.7 Å². The van der Waals surface area contributed by atoms with Gasteiger partial charge in [0.25, 0.3) is 17.7 Å². The summed E-state index contributed by atoms with van der Waals surface area (Å²) < 4.78 is 7.46. The van der Waals surface area contributed by atoms with Gasteiger partial charge in [-0.25, -0.2) is 4.98 Å². The number of rotatable bonds is 4. The van der Waals surface area contributed by atoms with Crippen LogP contribution in [-0.4, -0.2) is 50.2 Å². The summed E-state index contributed by atoms with van der Waals surface area (Å²) in [5.41, 5.74) is 1.85. The maximum Gasteiger partial charge on any atom is 0.289 e. The zero-order valence-corrected chi connectivity index (χ0v) is 18.1. The van der Waals surface area contributed by atoms with Gasteiger partial charge in [0, 0.05) is 31.4 Å². The standard InChI is InChI=1S/C24H24N4O4/c1-15-13-20(32-16(15)2)24(31)26-10-7-17(8-11-26)21-25-9-12-27(21)14-28-22(29)18-5-3-4-6-19(18)23(28)30/h3-6,9,12-13,17H,7-8,10-11,14H2,1-2H3. The minimum absolute atomic E-state index is 0.0889. The summed E-state index contributed by atoms with van der Waals surface area (Å²) in [5, 5.41) is 0. The van der Waals surface area contributed by atoms with Crippen molar-refractivity contribution in [2.45, 2.75) is 39.3 Å². The lowest BCUT2D eigenvalue weighted by atomic mass is 9.95. The van der Waals surface area contributed by atoms with Crippen LogP contribution in [0.2, 0.25) is 0 Å². The molecule has 0 aliphatic carbocycles. The second-order valence-corrected chi connectivity index (χ2v) is 8.40. The molecule has 0 saturated carbocycles. The van der Waals surface area contributed by atoms with Crippen LogP contribution in [0.1, 0.15) is 67.2 Å². The van der Waals surface area contributed by atoms with E-state index in [1.165, 1.54) is 4.90 Å². The lowest BCUT2D eigenvalue weighted by Crippen LogP contribution is -2.38. The van der Waals surface area contributed by atoms with Gasteiger partial charge in [-0.05, 0) is 50.5 Å².